The Hall–Kier alpha value is -0.0800. The maximum atomic E-state index is 3.60. The molecule has 0 aliphatic rings. The second kappa shape index (κ2) is 7.38. The van der Waals surface area contributed by atoms with Gasteiger partial charge in [-0.25, -0.2) is 0 Å². The Morgan fingerprint density at radius 1 is 1.06 bits per heavy atom. The molecule has 0 aromatic rings. The molecule has 104 valence electrons. The van der Waals surface area contributed by atoms with Gasteiger partial charge in [0.15, 0.2) is 0 Å². The quantitative estimate of drug-likeness (QED) is 0.702. The minimum Gasteiger partial charge on any atom is -0.315 e. The molecule has 0 bridgehead atoms. The first-order valence-corrected chi connectivity index (χ1v) is 7.16. The Morgan fingerprint density at radius 3 is 1.94 bits per heavy atom. The molecule has 2 nitrogen and oxygen atoms in total. The van der Waals surface area contributed by atoms with Crippen molar-refractivity contribution in [2.24, 2.45) is 11.8 Å². The van der Waals surface area contributed by atoms with Crippen LogP contribution in [0, 0.1) is 11.8 Å². The van der Waals surface area contributed by atoms with Gasteiger partial charge in [-0.3, -0.25) is 4.90 Å². The fraction of sp³-hybridized carbons (Fsp3) is 1.00. The summed E-state index contributed by atoms with van der Waals surface area (Å²) < 4.78 is 0. The molecule has 1 atom stereocenters. The molecular formula is C15H34N2. The number of hydrogen-bond acceptors (Lipinski definition) is 2. The van der Waals surface area contributed by atoms with E-state index in [9.17, 15) is 0 Å². The number of rotatable bonds is 8. The van der Waals surface area contributed by atoms with Crippen LogP contribution in [0.3, 0.4) is 0 Å². The zero-order chi connectivity index (χ0) is 13.6. The van der Waals surface area contributed by atoms with Crippen LogP contribution in [0.15, 0.2) is 0 Å². The van der Waals surface area contributed by atoms with Crippen molar-refractivity contribution in [3.63, 3.8) is 0 Å². The zero-order valence-electron chi connectivity index (χ0n) is 13.3. The first-order valence-electron chi connectivity index (χ1n) is 7.16. The number of nitrogens with one attached hydrogen (secondary N) is 1. The van der Waals surface area contributed by atoms with Crippen molar-refractivity contribution in [3.8, 4) is 0 Å². The van der Waals surface area contributed by atoms with Crippen LogP contribution in [0.1, 0.15) is 54.9 Å². The monoisotopic (exact) mass is 242 g/mol. The zero-order valence-corrected chi connectivity index (χ0v) is 13.3. The van der Waals surface area contributed by atoms with E-state index in [0.29, 0.717) is 12.0 Å². The molecule has 17 heavy (non-hydrogen) atoms. The van der Waals surface area contributed by atoms with Crippen LogP contribution in [0.2, 0.25) is 0 Å². The lowest BCUT2D eigenvalue weighted by atomic mass is 9.93. The average Bonchev–Trinajstić information content (AvgIpc) is 2.22. The second-order valence-electron chi connectivity index (χ2n) is 6.64. The Kier molecular flexibility index (Phi) is 7.34. The van der Waals surface area contributed by atoms with E-state index in [1.165, 1.54) is 6.42 Å². The maximum Gasteiger partial charge on any atom is 0.0245 e. The fourth-order valence-electron chi connectivity index (χ4n) is 2.04. The first-order chi connectivity index (χ1) is 7.72. The SMILES string of the molecule is CCC(C)(C)N(C)C(CNCC(C)C)C(C)C. The summed E-state index contributed by atoms with van der Waals surface area (Å²) in [6.07, 6.45) is 1.19. The normalized spacial score (nSPS) is 15.0. The van der Waals surface area contributed by atoms with Crippen LogP contribution >= 0.6 is 0 Å². The van der Waals surface area contributed by atoms with Gasteiger partial charge in [-0.05, 0) is 45.7 Å². The van der Waals surface area contributed by atoms with Gasteiger partial charge in [-0.15, -0.1) is 0 Å². The van der Waals surface area contributed by atoms with Crippen LogP contribution in [-0.2, 0) is 0 Å². The van der Waals surface area contributed by atoms with Crippen molar-refractivity contribution in [2.75, 3.05) is 20.1 Å². The summed E-state index contributed by atoms with van der Waals surface area (Å²) >= 11 is 0. The van der Waals surface area contributed by atoms with Crippen molar-refractivity contribution in [1.29, 1.82) is 0 Å². The van der Waals surface area contributed by atoms with Gasteiger partial charge in [0, 0.05) is 18.1 Å². The minimum atomic E-state index is 0.286. The van der Waals surface area contributed by atoms with E-state index >= 15 is 0 Å². The van der Waals surface area contributed by atoms with Crippen LogP contribution in [0.4, 0.5) is 0 Å². The fourth-order valence-corrected chi connectivity index (χ4v) is 2.04. The summed E-state index contributed by atoms with van der Waals surface area (Å²) in [5.41, 5.74) is 0.286. The highest BCUT2D eigenvalue weighted by Gasteiger charge is 2.29. The molecule has 1 unspecified atom stereocenters. The van der Waals surface area contributed by atoms with E-state index in [2.05, 4.69) is 65.7 Å². The lowest BCUT2D eigenvalue weighted by molar-refractivity contribution is 0.0705. The van der Waals surface area contributed by atoms with Crippen molar-refractivity contribution in [2.45, 2.75) is 66.5 Å². The topological polar surface area (TPSA) is 15.3 Å². The third kappa shape index (κ3) is 5.87. The Bertz CT molecular complexity index is 197. The first kappa shape index (κ1) is 16.9. The minimum absolute atomic E-state index is 0.286. The predicted octanol–water partition coefficient (Wildman–Crippen LogP) is 3.38. The Morgan fingerprint density at radius 2 is 1.59 bits per heavy atom. The highest BCUT2D eigenvalue weighted by Crippen LogP contribution is 2.22. The van der Waals surface area contributed by atoms with Crippen LogP contribution < -0.4 is 5.32 Å². The van der Waals surface area contributed by atoms with Gasteiger partial charge < -0.3 is 5.32 Å². The lowest BCUT2D eigenvalue weighted by Crippen LogP contribution is -2.53. The van der Waals surface area contributed by atoms with E-state index in [0.717, 1.165) is 19.0 Å². The summed E-state index contributed by atoms with van der Waals surface area (Å²) in [5, 5.41) is 3.60. The maximum absolute atomic E-state index is 3.60. The molecule has 0 spiro atoms. The molecule has 0 aliphatic carbocycles. The van der Waals surface area contributed by atoms with Gasteiger partial charge in [0.1, 0.15) is 0 Å². The average molecular weight is 242 g/mol. The molecule has 0 saturated carbocycles. The van der Waals surface area contributed by atoms with Gasteiger partial charge >= 0.3 is 0 Å². The van der Waals surface area contributed by atoms with E-state index in [1.807, 2.05) is 0 Å². The molecule has 1 N–H and O–H groups in total. The summed E-state index contributed by atoms with van der Waals surface area (Å²) in [4.78, 5) is 2.55. The van der Waals surface area contributed by atoms with Gasteiger partial charge in [-0.2, -0.15) is 0 Å². The number of likely N-dealkylation sites (N-methyl/N-ethyl adjacent to an activating group) is 1. The van der Waals surface area contributed by atoms with E-state index in [4.69, 9.17) is 0 Å². The van der Waals surface area contributed by atoms with E-state index in [1.54, 1.807) is 0 Å². The van der Waals surface area contributed by atoms with Crippen LogP contribution in [0.5, 0.6) is 0 Å². The summed E-state index contributed by atoms with van der Waals surface area (Å²) in [7, 11) is 2.27. The van der Waals surface area contributed by atoms with Crippen LogP contribution in [-0.4, -0.2) is 36.6 Å². The van der Waals surface area contributed by atoms with Crippen molar-refractivity contribution >= 4 is 0 Å². The molecule has 0 amide bonds. The molecule has 0 aromatic heterocycles. The molecule has 0 rings (SSSR count). The van der Waals surface area contributed by atoms with E-state index in [-0.39, 0.29) is 5.54 Å². The van der Waals surface area contributed by atoms with Crippen molar-refractivity contribution < 1.29 is 0 Å². The third-order valence-electron chi connectivity index (χ3n) is 3.99. The molecule has 0 heterocycles. The third-order valence-corrected chi connectivity index (χ3v) is 3.99. The highest BCUT2D eigenvalue weighted by atomic mass is 15.2. The molecular weight excluding hydrogens is 208 g/mol. The lowest BCUT2D eigenvalue weighted by Gasteiger charge is -2.43. The van der Waals surface area contributed by atoms with Gasteiger partial charge in [-0.1, -0.05) is 34.6 Å². The Labute approximate surface area is 109 Å². The van der Waals surface area contributed by atoms with Gasteiger partial charge in [0.2, 0.25) is 0 Å². The number of nitrogens with zero attached hydrogens (tertiary/aromatic N) is 1. The molecule has 0 fully saturated rings. The molecule has 0 aliphatic heterocycles. The summed E-state index contributed by atoms with van der Waals surface area (Å²) in [5.74, 6) is 1.41. The Balaban J connectivity index is 4.42. The van der Waals surface area contributed by atoms with Crippen molar-refractivity contribution in [3.05, 3.63) is 0 Å². The number of hydrogen-bond donors (Lipinski definition) is 1. The summed E-state index contributed by atoms with van der Waals surface area (Å²) in [6, 6.07) is 0.615. The standard InChI is InChI=1S/C15H34N2/c1-9-15(6,7)17(8)14(13(4)5)11-16-10-12(2)3/h12-14,16H,9-11H2,1-8H3. The molecule has 2 heteroatoms. The molecule has 0 radical (unpaired) electrons. The predicted molar refractivity (Wildman–Crippen MR) is 78.5 cm³/mol. The second-order valence-corrected chi connectivity index (χ2v) is 6.64. The van der Waals surface area contributed by atoms with Gasteiger partial charge in [0.05, 0.1) is 0 Å². The molecule has 0 saturated heterocycles. The summed E-state index contributed by atoms with van der Waals surface area (Å²) in [6.45, 7) is 18.3. The highest BCUT2D eigenvalue weighted by molar-refractivity contribution is 4.86. The van der Waals surface area contributed by atoms with Crippen LogP contribution in [0.25, 0.3) is 0 Å². The molecule has 0 aromatic carbocycles. The van der Waals surface area contributed by atoms with Gasteiger partial charge in [0.25, 0.3) is 0 Å². The smallest absolute Gasteiger partial charge is 0.0245 e. The van der Waals surface area contributed by atoms with E-state index < -0.39 is 0 Å². The largest absolute Gasteiger partial charge is 0.315 e. The van der Waals surface area contributed by atoms with Crippen molar-refractivity contribution in [1.82, 2.24) is 10.2 Å².